The Morgan fingerprint density at radius 2 is 1.61 bits per heavy atom. The van der Waals surface area contributed by atoms with Crippen LogP contribution in [0, 0.1) is 0 Å². The van der Waals surface area contributed by atoms with Crippen molar-refractivity contribution in [3.05, 3.63) is 88.5 Å². The van der Waals surface area contributed by atoms with Crippen LogP contribution in [0.25, 0.3) is 11.1 Å². The van der Waals surface area contributed by atoms with Crippen LogP contribution in [0.3, 0.4) is 0 Å². The quantitative estimate of drug-likeness (QED) is 0.435. The highest BCUT2D eigenvalue weighted by Gasteiger charge is 2.30. The van der Waals surface area contributed by atoms with Crippen LogP contribution in [-0.2, 0) is 11.2 Å². The van der Waals surface area contributed by atoms with E-state index in [0.29, 0.717) is 22.3 Å². The number of carbonyl (C=O) groups is 3. The van der Waals surface area contributed by atoms with Crippen molar-refractivity contribution in [3.63, 3.8) is 0 Å². The van der Waals surface area contributed by atoms with Crippen molar-refractivity contribution >= 4 is 17.5 Å². The third-order valence-electron chi connectivity index (χ3n) is 4.88. The molecule has 0 radical (unpaired) electrons. The molecule has 0 heterocycles. The molecule has 1 N–H and O–H groups in total. The van der Waals surface area contributed by atoms with Gasteiger partial charge in [0.25, 0.3) is 0 Å². The van der Waals surface area contributed by atoms with Gasteiger partial charge >= 0.3 is 5.97 Å². The summed E-state index contributed by atoms with van der Waals surface area (Å²) >= 11 is 0. The number of carbonyl (C=O) groups excluding carboxylic acids is 3. The van der Waals surface area contributed by atoms with Gasteiger partial charge in [-0.15, -0.1) is 0 Å². The maximum absolute atomic E-state index is 13.0. The molecular formula is C23H16O5. The first-order chi connectivity index (χ1) is 13.5. The van der Waals surface area contributed by atoms with Crippen molar-refractivity contribution in [2.45, 2.75) is 6.42 Å². The highest BCUT2D eigenvalue weighted by Crippen LogP contribution is 2.38. The molecule has 0 saturated heterocycles. The minimum absolute atomic E-state index is 0.00503. The Morgan fingerprint density at radius 1 is 0.893 bits per heavy atom. The van der Waals surface area contributed by atoms with Crippen molar-refractivity contribution in [1.82, 2.24) is 0 Å². The van der Waals surface area contributed by atoms with Crippen molar-refractivity contribution in [3.8, 4) is 16.9 Å². The van der Waals surface area contributed by atoms with Crippen LogP contribution in [-0.4, -0.2) is 29.8 Å². The second kappa shape index (κ2) is 6.78. The van der Waals surface area contributed by atoms with Crippen LogP contribution >= 0.6 is 0 Å². The fourth-order valence-corrected chi connectivity index (χ4v) is 3.55. The van der Waals surface area contributed by atoms with Crippen LogP contribution in [0.2, 0.25) is 0 Å². The largest absolute Gasteiger partial charge is 0.507 e. The van der Waals surface area contributed by atoms with Gasteiger partial charge in [0.2, 0.25) is 0 Å². The zero-order valence-electron chi connectivity index (χ0n) is 15.1. The average molecular weight is 372 g/mol. The Labute approximate surface area is 161 Å². The van der Waals surface area contributed by atoms with Gasteiger partial charge in [-0.1, -0.05) is 48.5 Å². The second-order valence-corrected chi connectivity index (χ2v) is 6.55. The summed E-state index contributed by atoms with van der Waals surface area (Å²) < 4.78 is 4.64. The molecule has 4 rings (SSSR count). The number of ketones is 2. The molecular weight excluding hydrogens is 356 g/mol. The maximum Gasteiger partial charge on any atom is 0.341 e. The fourth-order valence-electron chi connectivity index (χ4n) is 3.55. The molecule has 3 aromatic carbocycles. The fraction of sp³-hybridized carbons (Fsp3) is 0.0870. The number of fused-ring (bicyclic) bond motifs is 3. The van der Waals surface area contributed by atoms with Crippen molar-refractivity contribution in [1.29, 1.82) is 0 Å². The number of hydrogen-bond donors (Lipinski definition) is 1. The molecule has 0 unspecified atom stereocenters. The number of benzene rings is 3. The lowest BCUT2D eigenvalue weighted by molar-refractivity contribution is 0.0597. The van der Waals surface area contributed by atoms with E-state index in [9.17, 15) is 19.5 Å². The molecule has 0 spiro atoms. The molecule has 3 aromatic rings. The zero-order chi connectivity index (χ0) is 19.8. The molecule has 5 heteroatoms. The first-order valence-corrected chi connectivity index (χ1v) is 8.71. The molecule has 0 atom stereocenters. The van der Waals surface area contributed by atoms with Crippen LogP contribution in [0.15, 0.2) is 60.7 Å². The summed E-state index contributed by atoms with van der Waals surface area (Å²) in [5.41, 5.74) is 3.49. The Kier molecular flexibility index (Phi) is 4.28. The number of methoxy groups -OCH3 is 1. The number of phenolic OH excluding ortho intramolecular Hbond substituents is 1. The van der Waals surface area contributed by atoms with Crippen LogP contribution < -0.4 is 0 Å². The number of esters is 1. The molecule has 0 aliphatic heterocycles. The monoisotopic (exact) mass is 372 g/mol. The van der Waals surface area contributed by atoms with Crippen LogP contribution in [0.5, 0.6) is 5.75 Å². The van der Waals surface area contributed by atoms with Gasteiger partial charge in [0.05, 0.1) is 7.11 Å². The molecule has 0 saturated carbocycles. The summed E-state index contributed by atoms with van der Waals surface area (Å²) in [5.74, 6) is -1.29. The second-order valence-electron chi connectivity index (χ2n) is 6.55. The lowest BCUT2D eigenvalue weighted by Crippen LogP contribution is -2.11. The Hall–Kier alpha value is -3.73. The number of phenols is 1. The molecule has 1 aliphatic rings. The van der Waals surface area contributed by atoms with Gasteiger partial charge < -0.3 is 9.84 Å². The minimum Gasteiger partial charge on any atom is -0.507 e. The molecule has 0 bridgehead atoms. The van der Waals surface area contributed by atoms with E-state index in [4.69, 9.17) is 0 Å². The lowest BCUT2D eigenvalue weighted by Gasteiger charge is -2.09. The number of ether oxygens (including phenoxy) is 1. The predicted molar refractivity (Wildman–Crippen MR) is 103 cm³/mol. The molecule has 5 nitrogen and oxygen atoms in total. The summed E-state index contributed by atoms with van der Waals surface area (Å²) in [6, 6.07) is 16.9. The summed E-state index contributed by atoms with van der Waals surface area (Å²) in [6.45, 7) is 0. The van der Waals surface area contributed by atoms with E-state index in [1.807, 2.05) is 18.2 Å². The number of hydrogen-bond acceptors (Lipinski definition) is 5. The van der Waals surface area contributed by atoms with E-state index in [1.165, 1.54) is 19.2 Å². The van der Waals surface area contributed by atoms with Gasteiger partial charge in [0.15, 0.2) is 11.6 Å². The van der Waals surface area contributed by atoms with E-state index in [2.05, 4.69) is 4.74 Å². The Bertz CT molecular complexity index is 1140. The normalized spacial score (nSPS) is 11.7. The molecule has 0 fully saturated rings. The van der Waals surface area contributed by atoms with Crippen molar-refractivity contribution in [2.75, 3.05) is 7.11 Å². The number of rotatable bonds is 4. The van der Waals surface area contributed by atoms with E-state index in [0.717, 1.165) is 11.1 Å². The first kappa shape index (κ1) is 17.7. The maximum atomic E-state index is 13.0. The van der Waals surface area contributed by atoms with Gasteiger partial charge in [-0.25, -0.2) is 4.79 Å². The van der Waals surface area contributed by atoms with Crippen molar-refractivity contribution in [2.24, 2.45) is 0 Å². The number of aromatic hydroxyl groups is 1. The van der Waals surface area contributed by atoms with Gasteiger partial charge in [0, 0.05) is 23.1 Å². The molecule has 28 heavy (non-hydrogen) atoms. The van der Waals surface area contributed by atoms with Gasteiger partial charge in [0.1, 0.15) is 11.3 Å². The highest BCUT2D eigenvalue weighted by atomic mass is 16.5. The highest BCUT2D eigenvalue weighted by molar-refractivity contribution is 6.26. The summed E-state index contributed by atoms with van der Waals surface area (Å²) in [7, 11) is 1.22. The minimum atomic E-state index is -0.682. The molecule has 0 amide bonds. The van der Waals surface area contributed by atoms with Crippen LogP contribution in [0.1, 0.15) is 42.2 Å². The van der Waals surface area contributed by atoms with E-state index in [1.54, 1.807) is 30.3 Å². The lowest BCUT2D eigenvalue weighted by atomic mass is 9.94. The first-order valence-electron chi connectivity index (χ1n) is 8.71. The smallest absolute Gasteiger partial charge is 0.341 e. The molecule has 0 aromatic heterocycles. The third kappa shape index (κ3) is 2.77. The van der Waals surface area contributed by atoms with E-state index in [-0.39, 0.29) is 29.3 Å². The average Bonchev–Trinajstić information content (AvgIpc) is 3.01. The SMILES string of the molecule is COC(=O)c1cc(CC(=O)c2cccc3c2C(=O)c2ccccc2-3)ccc1O. The Morgan fingerprint density at radius 3 is 2.36 bits per heavy atom. The summed E-state index contributed by atoms with van der Waals surface area (Å²) in [5, 5.41) is 9.82. The summed E-state index contributed by atoms with van der Waals surface area (Å²) in [6.07, 6.45) is -0.00957. The molecule has 1 aliphatic carbocycles. The predicted octanol–water partition coefficient (Wildman–Crippen LogP) is 3.82. The van der Waals surface area contributed by atoms with Gasteiger partial charge in [-0.05, 0) is 28.8 Å². The van der Waals surface area contributed by atoms with Gasteiger partial charge in [-0.2, -0.15) is 0 Å². The van der Waals surface area contributed by atoms with E-state index >= 15 is 0 Å². The number of Topliss-reactive ketones (excluding diaryl/α,β-unsaturated/α-hetero) is 1. The van der Waals surface area contributed by atoms with Gasteiger partial charge in [-0.3, -0.25) is 9.59 Å². The summed E-state index contributed by atoms with van der Waals surface area (Å²) in [4.78, 5) is 37.6. The molecule has 138 valence electrons. The van der Waals surface area contributed by atoms with E-state index < -0.39 is 5.97 Å². The van der Waals surface area contributed by atoms with Crippen molar-refractivity contribution < 1.29 is 24.2 Å². The van der Waals surface area contributed by atoms with Crippen LogP contribution in [0.4, 0.5) is 0 Å². The zero-order valence-corrected chi connectivity index (χ0v) is 15.1. The Balaban J connectivity index is 1.70. The third-order valence-corrected chi connectivity index (χ3v) is 4.88. The standard InChI is InChI=1S/C23H16O5/c1-28-23(27)18-11-13(9-10-19(18)24)12-20(25)17-8-4-7-15-14-5-2-3-6-16(14)22(26)21(15)17/h2-11,24H,12H2,1H3. The topological polar surface area (TPSA) is 80.7 Å².